The lowest BCUT2D eigenvalue weighted by Crippen LogP contribution is -2.53. The van der Waals surface area contributed by atoms with E-state index in [1.54, 1.807) is 17.0 Å². The van der Waals surface area contributed by atoms with E-state index >= 15 is 0 Å². The van der Waals surface area contributed by atoms with E-state index in [0.29, 0.717) is 29.8 Å². The van der Waals surface area contributed by atoms with E-state index in [1.165, 1.54) is 24.3 Å². The molecular weight excluding hydrogens is 404 g/mol. The van der Waals surface area contributed by atoms with Crippen LogP contribution >= 0.6 is 0 Å². The summed E-state index contributed by atoms with van der Waals surface area (Å²) in [5.74, 6) is -0.815. The number of ketones is 1. The Hall–Kier alpha value is -3.64. The normalized spacial score (nSPS) is 23.6. The van der Waals surface area contributed by atoms with Gasteiger partial charge in [-0.3, -0.25) is 14.5 Å². The Morgan fingerprint density at radius 3 is 2.38 bits per heavy atom. The predicted molar refractivity (Wildman–Crippen MR) is 122 cm³/mol. The number of benzene rings is 3. The predicted octanol–water partition coefficient (Wildman–Crippen LogP) is 3.93. The van der Waals surface area contributed by atoms with E-state index in [0.717, 1.165) is 11.3 Å². The quantitative estimate of drug-likeness (QED) is 0.536. The Balaban J connectivity index is 1.60. The minimum atomic E-state index is -1.97. The van der Waals surface area contributed by atoms with E-state index in [4.69, 9.17) is 0 Å². The molecule has 3 N–H and O–H groups in total. The first-order valence-electron chi connectivity index (χ1n) is 10.7. The van der Waals surface area contributed by atoms with Crippen molar-refractivity contribution in [2.75, 3.05) is 16.8 Å². The molecule has 2 heterocycles. The van der Waals surface area contributed by atoms with Crippen molar-refractivity contribution in [1.29, 1.82) is 0 Å². The van der Waals surface area contributed by atoms with E-state index in [2.05, 4.69) is 5.32 Å². The van der Waals surface area contributed by atoms with Gasteiger partial charge in [-0.2, -0.15) is 0 Å². The Labute approximate surface area is 186 Å². The van der Waals surface area contributed by atoms with Gasteiger partial charge in [-0.25, -0.2) is 0 Å². The molecule has 3 aromatic carbocycles. The molecule has 0 radical (unpaired) electrons. The summed E-state index contributed by atoms with van der Waals surface area (Å²) in [7, 11) is 0. The van der Waals surface area contributed by atoms with Gasteiger partial charge >= 0.3 is 0 Å². The Morgan fingerprint density at radius 2 is 1.66 bits per heavy atom. The highest BCUT2D eigenvalue weighted by atomic mass is 16.3. The largest absolute Gasteiger partial charge is 0.508 e. The Bertz CT molecular complexity index is 1220. The Morgan fingerprint density at radius 1 is 1.00 bits per heavy atom. The number of para-hydroxylation sites is 2. The van der Waals surface area contributed by atoms with Gasteiger partial charge in [-0.1, -0.05) is 43.3 Å². The average molecular weight is 428 g/mol. The SMILES string of the molecule is CCC1(N2C(=O)C(O)(CC(=O)c3ccc(O)cc3)c3ccccc32)CNc2ccccc21. The highest BCUT2D eigenvalue weighted by Crippen LogP contribution is 2.52. The van der Waals surface area contributed by atoms with Crippen LogP contribution in [0.15, 0.2) is 72.8 Å². The lowest BCUT2D eigenvalue weighted by atomic mass is 9.86. The third-order valence-electron chi connectivity index (χ3n) is 6.77. The standard InChI is InChI=1S/C26H24N2O4/c1-2-25(16-27-21-9-5-3-7-19(21)25)28-22-10-6-4-8-20(22)26(32,24(28)31)15-23(30)17-11-13-18(29)14-12-17/h3-14,27,29,32H,2,15-16H2,1H3. The topological polar surface area (TPSA) is 89.9 Å². The van der Waals surface area contributed by atoms with Crippen LogP contribution in [0.1, 0.15) is 41.3 Å². The number of amides is 1. The van der Waals surface area contributed by atoms with Crippen LogP contribution in [-0.2, 0) is 15.9 Å². The molecule has 1 amide bonds. The third kappa shape index (κ3) is 2.76. The van der Waals surface area contributed by atoms with Gasteiger partial charge in [-0.15, -0.1) is 0 Å². The molecule has 0 fully saturated rings. The highest BCUT2D eigenvalue weighted by Gasteiger charge is 2.58. The number of rotatable bonds is 5. The van der Waals surface area contributed by atoms with Crippen LogP contribution in [0.5, 0.6) is 5.75 Å². The van der Waals surface area contributed by atoms with Crippen molar-refractivity contribution in [3.8, 4) is 5.75 Å². The van der Waals surface area contributed by atoms with Crippen molar-refractivity contribution in [1.82, 2.24) is 0 Å². The summed E-state index contributed by atoms with van der Waals surface area (Å²) in [6.45, 7) is 2.55. The van der Waals surface area contributed by atoms with Crippen molar-refractivity contribution in [2.45, 2.75) is 30.9 Å². The number of anilines is 2. The highest BCUT2D eigenvalue weighted by molar-refractivity contribution is 6.12. The van der Waals surface area contributed by atoms with Gasteiger partial charge in [0, 0.05) is 28.9 Å². The molecule has 0 aromatic heterocycles. The van der Waals surface area contributed by atoms with Gasteiger partial charge in [0.2, 0.25) is 0 Å². The van der Waals surface area contributed by atoms with Crippen molar-refractivity contribution >= 4 is 23.1 Å². The molecule has 6 nitrogen and oxygen atoms in total. The summed E-state index contributed by atoms with van der Waals surface area (Å²) in [6.07, 6.45) is 0.262. The number of aliphatic hydroxyl groups is 1. The molecule has 0 spiro atoms. The van der Waals surface area contributed by atoms with Crippen molar-refractivity contribution in [2.24, 2.45) is 0 Å². The zero-order valence-electron chi connectivity index (χ0n) is 17.7. The van der Waals surface area contributed by atoms with E-state index < -0.39 is 17.0 Å². The molecule has 2 unspecified atom stereocenters. The summed E-state index contributed by atoms with van der Waals surface area (Å²) in [6, 6.07) is 20.9. The summed E-state index contributed by atoms with van der Waals surface area (Å²) in [5.41, 5.74) is 0.724. The fraction of sp³-hybridized carbons (Fsp3) is 0.231. The molecule has 0 saturated carbocycles. The molecule has 2 aliphatic rings. The lowest BCUT2D eigenvalue weighted by molar-refractivity contribution is -0.137. The maximum absolute atomic E-state index is 13.9. The second-order valence-electron chi connectivity index (χ2n) is 8.45. The van der Waals surface area contributed by atoms with Crippen molar-refractivity contribution < 1.29 is 19.8 Å². The fourth-order valence-electron chi connectivity index (χ4n) is 5.06. The summed E-state index contributed by atoms with van der Waals surface area (Å²) in [4.78, 5) is 28.6. The zero-order chi connectivity index (χ0) is 22.5. The van der Waals surface area contributed by atoms with Crippen LogP contribution in [0.2, 0.25) is 0 Å². The number of hydrogen-bond donors (Lipinski definition) is 3. The van der Waals surface area contributed by atoms with Crippen LogP contribution in [-0.4, -0.2) is 28.4 Å². The number of phenols is 1. The first kappa shape index (κ1) is 20.3. The third-order valence-corrected chi connectivity index (χ3v) is 6.77. The first-order valence-corrected chi connectivity index (χ1v) is 10.7. The Kier molecular flexibility index (Phi) is 4.57. The molecule has 162 valence electrons. The second-order valence-corrected chi connectivity index (χ2v) is 8.45. The van der Waals surface area contributed by atoms with Crippen molar-refractivity contribution in [3.05, 3.63) is 89.5 Å². The van der Waals surface area contributed by atoms with Gasteiger partial charge in [0.1, 0.15) is 5.75 Å². The molecule has 0 saturated heterocycles. The number of phenolic OH excluding ortho intramolecular Hbond substituents is 1. The number of aromatic hydroxyl groups is 1. The molecule has 32 heavy (non-hydrogen) atoms. The minimum Gasteiger partial charge on any atom is -0.508 e. The maximum Gasteiger partial charge on any atom is 0.265 e. The summed E-state index contributed by atoms with van der Waals surface area (Å²) < 4.78 is 0. The number of fused-ring (bicyclic) bond motifs is 2. The van der Waals surface area contributed by atoms with Gasteiger partial charge in [-0.05, 0) is 42.8 Å². The fourth-order valence-corrected chi connectivity index (χ4v) is 5.06. The molecule has 6 heteroatoms. The number of Topliss-reactive ketones (excluding diaryl/α,β-unsaturated/α-hetero) is 1. The number of carbonyl (C=O) groups is 2. The smallest absolute Gasteiger partial charge is 0.265 e. The minimum absolute atomic E-state index is 0.0472. The van der Waals surface area contributed by atoms with Gasteiger partial charge in [0.05, 0.1) is 17.6 Å². The van der Waals surface area contributed by atoms with Crippen LogP contribution < -0.4 is 10.2 Å². The van der Waals surface area contributed by atoms with Crippen molar-refractivity contribution in [3.63, 3.8) is 0 Å². The molecule has 5 rings (SSSR count). The van der Waals surface area contributed by atoms with E-state index in [1.807, 2.05) is 43.3 Å². The number of nitrogens with zero attached hydrogens (tertiary/aromatic N) is 1. The van der Waals surface area contributed by atoms with Crippen LogP contribution in [0, 0.1) is 0 Å². The van der Waals surface area contributed by atoms with E-state index in [-0.39, 0.29) is 18.0 Å². The van der Waals surface area contributed by atoms with Gasteiger partial charge in [0.15, 0.2) is 11.4 Å². The van der Waals surface area contributed by atoms with E-state index in [9.17, 15) is 19.8 Å². The summed E-state index contributed by atoms with van der Waals surface area (Å²) in [5, 5.41) is 24.6. The molecule has 0 bridgehead atoms. The van der Waals surface area contributed by atoms with Gasteiger partial charge < -0.3 is 15.5 Å². The molecule has 0 aliphatic carbocycles. The number of carbonyl (C=O) groups excluding carboxylic acids is 2. The van der Waals surface area contributed by atoms with Crippen LogP contribution in [0.3, 0.4) is 0 Å². The monoisotopic (exact) mass is 428 g/mol. The molecule has 2 aliphatic heterocycles. The number of hydrogen-bond acceptors (Lipinski definition) is 5. The molecule has 2 atom stereocenters. The number of nitrogens with one attached hydrogen (secondary N) is 1. The average Bonchev–Trinajstić information content (AvgIpc) is 3.29. The second kappa shape index (κ2) is 7.21. The summed E-state index contributed by atoms with van der Waals surface area (Å²) >= 11 is 0. The lowest BCUT2D eigenvalue weighted by Gasteiger charge is -2.39. The van der Waals surface area contributed by atoms with Gasteiger partial charge in [0.25, 0.3) is 5.91 Å². The first-order chi connectivity index (χ1) is 15.4. The zero-order valence-corrected chi connectivity index (χ0v) is 17.7. The van der Waals surface area contributed by atoms with Crippen LogP contribution in [0.25, 0.3) is 0 Å². The maximum atomic E-state index is 13.9. The van der Waals surface area contributed by atoms with Crippen LogP contribution in [0.4, 0.5) is 11.4 Å². The molecule has 3 aromatic rings. The molecular formula is C26H24N2O4.